The molecule has 2 aromatic carbocycles. The summed E-state index contributed by atoms with van der Waals surface area (Å²) < 4.78 is 14.2. The SMILES string of the molecule is Fc1ccc(-c2csc(-c3cccc(Br)c3)n2)cc1Cl. The topological polar surface area (TPSA) is 12.9 Å². The molecule has 5 heteroatoms. The predicted octanol–water partition coefficient (Wildman–Crippen LogP) is 6.03. The van der Waals surface area contributed by atoms with Crippen LogP contribution in [-0.2, 0) is 0 Å². The Morgan fingerprint density at radius 3 is 2.70 bits per heavy atom. The number of halogens is 3. The molecule has 20 heavy (non-hydrogen) atoms. The molecule has 0 aliphatic heterocycles. The van der Waals surface area contributed by atoms with Gasteiger partial charge in [0.2, 0.25) is 0 Å². The van der Waals surface area contributed by atoms with Gasteiger partial charge in [0.25, 0.3) is 0 Å². The maximum Gasteiger partial charge on any atom is 0.141 e. The number of benzene rings is 2. The summed E-state index contributed by atoms with van der Waals surface area (Å²) in [5, 5.41) is 2.97. The molecule has 100 valence electrons. The van der Waals surface area contributed by atoms with Crippen LogP contribution in [0.5, 0.6) is 0 Å². The number of nitrogens with zero attached hydrogens (tertiary/aromatic N) is 1. The van der Waals surface area contributed by atoms with E-state index >= 15 is 0 Å². The van der Waals surface area contributed by atoms with Crippen molar-refractivity contribution >= 4 is 38.9 Å². The third-order valence-corrected chi connectivity index (χ3v) is 4.47. The Morgan fingerprint density at radius 2 is 1.95 bits per heavy atom. The quantitative estimate of drug-likeness (QED) is 0.538. The van der Waals surface area contributed by atoms with E-state index in [2.05, 4.69) is 20.9 Å². The highest BCUT2D eigenvalue weighted by molar-refractivity contribution is 9.10. The van der Waals surface area contributed by atoms with Crippen molar-refractivity contribution in [2.24, 2.45) is 0 Å². The van der Waals surface area contributed by atoms with E-state index in [1.807, 2.05) is 29.6 Å². The standard InChI is InChI=1S/C15H8BrClFNS/c16-11-3-1-2-10(6-11)15-19-14(8-20-15)9-4-5-13(18)12(17)7-9/h1-8H. The molecule has 1 heterocycles. The number of rotatable bonds is 2. The average Bonchev–Trinajstić information content (AvgIpc) is 2.92. The van der Waals surface area contributed by atoms with Gasteiger partial charge in [-0.15, -0.1) is 11.3 Å². The Bertz CT molecular complexity index is 772. The van der Waals surface area contributed by atoms with Crippen LogP contribution < -0.4 is 0 Å². The molecule has 0 atom stereocenters. The fraction of sp³-hybridized carbons (Fsp3) is 0. The van der Waals surface area contributed by atoms with E-state index in [-0.39, 0.29) is 5.02 Å². The fourth-order valence-corrected chi connectivity index (χ4v) is 3.22. The maximum atomic E-state index is 13.2. The van der Waals surface area contributed by atoms with Crippen LogP contribution in [0.1, 0.15) is 0 Å². The zero-order valence-electron chi connectivity index (χ0n) is 10.1. The Balaban J connectivity index is 1.99. The van der Waals surface area contributed by atoms with Crippen molar-refractivity contribution in [1.82, 2.24) is 4.98 Å². The van der Waals surface area contributed by atoms with Crippen LogP contribution in [0.15, 0.2) is 52.3 Å². The van der Waals surface area contributed by atoms with Gasteiger partial charge in [-0.05, 0) is 30.3 Å². The number of hydrogen-bond donors (Lipinski definition) is 0. The first-order valence-corrected chi connectivity index (χ1v) is 7.85. The molecule has 0 aliphatic rings. The van der Waals surface area contributed by atoms with Crippen molar-refractivity contribution in [3.63, 3.8) is 0 Å². The molecule has 3 rings (SSSR count). The zero-order chi connectivity index (χ0) is 14.1. The van der Waals surface area contributed by atoms with Crippen molar-refractivity contribution in [2.75, 3.05) is 0 Å². The Morgan fingerprint density at radius 1 is 1.10 bits per heavy atom. The molecule has 1 nitrogen and oxygen atoms in total. The van der Waals surface area contributed by atoms with Crippen LogP contribution in [0.2, 0.25) is 5.02 Å². The van der Waals surface area contributed by atoms with Gasteiger partial charge in [0.1, 0.15) is 10.8 Å². The second-order valence-corrected chi connectivity index (χ2v) is 6.36. The first-order chi connectivity index (χ1) is 9.63. The highest BCUT2D eigenvalue weighted by Crippen LogP contribution is 2.31. The van der Waals surface area contributed by atoms with E-state index in [0.29, 0.717) is 0 Å². The summed E-state index contributed by atoms with van der Waals surface area (Å²) in [6, 6.07) is 12.6. The average molecular weight is 369 g/mol. The van der Waals surface area contributed by atoms with Crippen LogP contribution in [0.4, 0.5) is 4.39 Å². The van der Waals surface area contributed by atoms with Crippen LogP contribution >= 0.6 is 38.9 Å². The minimum absolute atomic E-state index is 0.111. The molecule has 0 saturated heterocycles. The van der Waals surface area contributed by atoms with Crippen molar-refractivity contribution < 1.29 is 4.39 Å². The van der Waals surface area contributed by atoms with E-state index < -0.39 is 5.82 Å². The lowest BCUT2D eigenvalue weighted by molar-refractivity contribution is 0.628. The molecule has 0 N–H and O–H groups in total. The monoisotopic (exact) mass is 367 g/mol. The van der Waals surface area contributed by atoms with Gasteiger partial charge in [0.05, 0.1) is 10.7 Å². The number of thiazole rings is 1. The molecule has 0 unspecified atom stereocenters. The molecule has 0 bridgehead atoms. The summed E-state index contributed by atoms with van der Waals surface area (Å²) in [6.07, 6.45) is 0. The highest BCUT2D eigenvalue weighted by atomic mass is 79.9. The summed E-state index contributed by atoms with van der Waals surface area (Å²) in [5.41, 5.74) is 2.66. The molecule has 0 saturated carbocycles. The summed E-state index contributed by atoms with van der Waals surface area (Å²) in [5.74, 6) is -0.419. The van der Waals surface area contributed by atoms with Crippen molar-refractivity contribution in [3.8, 4) is 21.8 Å². The molecule has 3 aromatic rings. The largest absolute Gasteiger partial charge is 0.236 e. The van der Waals surface area contributed by atoms with Crippen molar-refractivity contribution in [2.45, 2.75) is 0 Å². The van der Waals surface area contributed by atoms with Gasteiger partial charge in [-0.2, -0.15) is 0 Å². The summed E-state index contributed by atoms with van der Waals surface area (Å²) in [4.78, 5) is 4.58. The van der Waals surface area contributed by atoms with Gasteiger partial charge in [0.15, 0.2) is 0 Å². The third-order valence-electron chi connectivity index (χ3n) is 2.79. The summed E-state index contributed by atoms with van der Waals surface area (Å²) in [7, 11) is 0. The van der Waals surface area contributed by atoms with Crippen LogP contribution in [0.25, 0.3) is 21.8 Å². The van der Waals surface area contributed by atoms with Gasteiger partial charge in [-0.1, -0.05) is 39.7 Å². The lowest BCUT2D eigenvalue weighted by Crippen LogP contribution is -1.82. The van der Waals surface area contributed by atoms with Crippen molar-refractivity contribution in [3.05, 3.63) is 63.2 Å². The minimum Gasteiger partial charge on any atom is -0.236 e. The van der Waals surface area contributed by atoms with Gasteiger partial charge in [-0.3, -0.25) is 0 Å². The molecular weight excluding hydrogens is 361 g/mol. The lowest BCUT2D eigenvalue weighted by Gasteiger charge is -1.99. The van der Waals surface area contributed by atoms with Crippen LogP contribution in [-0.4, -0.2) is 4.98 Å². The second-order valence-electron chi connectivity index (χ2n) is 4.18. The molecule has 0 aliphatic carbocycles. The van der Waals surface area contributed by atoms with E-state index in [1.165, 1.54) is 6.07 Å². The molecule has 0 radical (unpaired) electrons. The zero-order valence-corrected chi connectivity index (χ0v) is 13.3. The normalized spacial score (nSPS) is 10.8. The smallest absolute Gasteiger partial charge is 0.141 e. The van der Waals surface area contributed by atoms with E-state index in [4.69, 9.17) is 11.6 Å². The van der Waals surface area contributed by atoms with Gasteiger partial charge in [0, 0.05) is 21.0 Å². The molecule has 0 spiro atoms. The van der Waals surface area contributed by atoms with E-state index in [1.54, 1.807) is 23.5 Å². The van der Waals surface area contributed by atoms with Gasteiger partial charge in [-0.25, -0.2) is 9.37 Å². The van der Waals surface area contributed by atoms with Crippen LogP contribution in [0.3, 0.4) is 0 Å². The molecule has 0 fully saturated rings. The van der Waals surface area contributed by atoms with Crippen molar-refractivity contribution in [1.29, 1.82) is 0 Å². The number of aromatic nitrogens is 1. The third kappa shape index (κ3) is 2.77. The van der Waals surface area contributed by atoms with Crippen LogP contribution in [0, 0.1) is 5.82 Å². The first kappa shape index (κ1) is 13.7. The second kappa shape index (κ2) is 5.64. The van der Waals surface area contributed by atoms with E-state index in [9.17, 15) is 4.39 Å². The Labute approximate surface area is 133 Å². The lowest BCUT2D eigenvalue weighted by atomic mass is 10.2. The Hall–Kier alpha value is -1.23. The van der Waals surface area contributed by atoms with Gasteiger partial charge < -0.3 is 0 Å². The molecule has 0 amide bonds. The highest BCUT2D eigenvalue weighted by Gasteiger charge is 2.09. The number of hydrogen-bond acceptors (Lipinski definition) is 2. The summed E-state index contributed by atoms with van der Waals surface area (Å²) >= 11 is 10.8. The fourth-order valence-electron chi connectivity index (χ4n) is 1.82. The minimum atomic E-state index is -0.419. The molecular formula is C15H8BrClFNS. The van der Waals surface area contributed by atoms with Gasteiger partial charge >= 0.3 is 0 Å². The maximum absolute atomic E-state index is 13.2. The molecule has 1 aromatic heterocycles. The van der Waals surface area contributed by atoms with E-state index in [0.717, 1.165) is 26.3 Å². The predicted molar refractivity (Wildman–Crippen MR) is 85.7 cm³/mol. The Kier molecular flexibility index (Phi) is 3.87. The summed E-state index contributed by atoms with van der Waals surface area (Å²) in [6.45, 7) is 0. The first-order valence-electron chi connectivity index (χ1n) is 5.80.